The Morgan fingerprint density at radius 1 is 1.17 bits per heavy atom. The fourth-order valence-corrected chi connectivity index (χ4v) is 4.05. The second-order valence-corrected chi connectivity index (χ2v) is 7.21. The summed E-state index contributed by atoms with van der Waals surface area (Å²) in [5, 5.41) is 3.15. The number of carbonyl (C=O) groups is 1. The molecule has 0 aromatic carbocycles. The van der Waals surface area contributed by atoms with Gasteiger partial charge in [0.1, 0.15) is 5.69 Å². The zero-order valence-electron chi connectivity index (χ0n) is 14.6. The molecular weight excluding hydrogens is 302 g/mol. The molecule has 6 heteroatoms. The standard InChI is InChI=1S/C18H29N5O/c1-13-11-16(22-18(19)20-13)17(24)21-14-7-6-10-23(12-14)15-8-4-2-3-5-9-15/h11,14-15H,2-10,12H2,1H3,(H,21,24)(H2,19,20,22). The van der Waals surface area contributed by atoms with Crippen LogP contribution in [0.2, 0.25) is 0 Å². The molecule has 1 amide bonds. The topological polar surface area (TPSA) is 84.1 Å². The molecule has 1 aromatic heterocycles. The molecule has 1 aliphatic heterocycles. The Morgan fingerprint density at radius 2 is 1.92 bits per heavy atom. The maximum atomic E-state index is 12.5. The molecule has 0 bridgehead atoms. The summed E-state index contributed by atoms with van der Waals surface area (Å²) in [7, 11) is 0. The molecule has 132 valence electrons. The molecule has 6 nitrogen and oxygen atoms in total. The molecule has 2 fully saturated rings. The highest BCUT2D eigenvalue weighted by Crippen LogP contribution is 2.24. The van der Waals surface area contributed by atoms with E-state index in [2.05, 4.69) is 20.2 Å². The van der Waals surface area contributed by atoms with Crippen molar-refractivity contribution < 1.29 is 4.79 Å². The summed E-state index contributed by atoms with van der Waals surface area (Å²) in [5.74, 6) is 0.0174. The Bertz CT molecular complexity index is 548. The Kier molecular flexibility index (Phi) is 5.66. The highest BCUT2D eigenvalue weighted by atomic mass is 16.2. The van der Waals surface area contributed by atoms with Gasteiger partial charge < -0.3 is 11.1 Å². The van der Waals surface area contributed by atoms with Gasteiger partial charge in [0.25, 0.3) is 5.91 Å². The van der Waals surface area contributed by atoms with E-state index >= 15 is 0 Å². The van der Waals surface area contributed by atoms with E-state index in [0.29, 0.717) is 11.7 Å². The minimum Gasteiger partial charge on any atom is -0.368 e. The molecule has 1 saturated heterocycles. The quantitative estimate of drug-likeness (QED) is 0.830. The van der Waals surface area contributed by atoms with Gasteiger partial charge >= 0.3 is 0 Å². The van der Waals surface area contributed by atoms with Gasteiger partial charge in [-0.3, -0.25) is 9.69 Å². The van der Waals surface area contributed by atoms with Crippen LogP contribution in [0.4, 0.5) is 5.95 Å². The number of nitrogens with two attached hydrogens (primary N) is 1. The summed E-state index contributed by atoms with van der Waals surface area (Å²) in [5.41, 5.74) is 6.74. The first-order valence-electron chi connectivity index (χ1n) is 9.28. The SMILES string of the molecule is Cc1cc(C(=O)NC2CCCN(C3CCCCCC3)C2)nc(N)n1. The lowest BCUT2D eigenvalue weighted by molar-refractivity contribution is 0.0856. The highest BCUT2D eigenvalue weighted by Gasteiger charge is 2.27. The number of hydrogen-bond acceptors (Lipinski definition) is 5. The van der Waals surface area contributed by atoms with Gasteiger partial charge in [0.2, 0.25) is 5.95 Å². The monoisotopic (exact) mass is 331 g/mol. The number of hydrogen-bond donors (Lipinski definition) is 2. The first kappa shape index (κ1) is 17.1. The van der Waals surface area contributed by atoms with E-state index in [-0.39, 0.29) is 17.9 Å². The summed E-state index contributed by atoms with van der Waals surface area (Å²) < 4.78 is 0. The second-order valence-electron chi connectivity index (χ2n) is 7.21. The third-order valence-electron chi connectivity index (χ3n) is 5.23. The lowest BCUT2D eigenvalue weighted by atomic mass is 10.00. The third-order valence-corrected chi connectivity index (χ3v) is 5.23. The number of nitrogens with zero attached hydrogens (tertiary/aromatic N) is 3. The molecule has 1 saturated carbocycles. The van der Waals surface area contributed by atoms with Crippen LogP contribution in [-0.2, 0) is 0 Å². The second kappa shape index (κ2) is 7.92. The first-order valence-corrected chi connectivity index (χ1v) is 9.28. The molecule has 0 spiro atoms. The van der Waals surface area contributed by atoms with Crippen molar-refractivity contribution in [2.75, 3.05) is 18.8 Å². The maximum absolute atomic E-state index is 12.5. The van der Waals surface area contributed by atoms with Gasteiger partial charge in [-0.1, -0.05) is 25.7 Å². The van der Waals surface area contributed by atoms with E-state index in [1.807, 2.05) is 6.92 Å². The van der Waals surface area contributed by atoms with Crippen molar-refractivity contribution in [3.8, 4) is 0 Å². The molecule has 2 aliphatic rings. The number of nitrogens with one attached hydrogen (secondary N) is 1. The summed E-state index contributed by atoms with van der Waals surface area (Å²) in [6, 6.07) is 2.59. The Labute approximate surface area is 144 Å². The first-order chi connectivity index (χ1) is 11.6. The molecule has 3 N–H and O–H groups in total. The van der Waals surface area contributed by atoms with Gasteiger partial charge in [-0.25, -0.2) is 9.97 Å². The van der Waals surface area contributed by atoms with Crippen molar-refractivity contribution in [1.29, 1.82) is 0 Å². The number of nitrogen functional groups attached to an aromatic ring is 1. The Morgan fingerprint density at radius 3 is 2.62 bits per heavy atom. The summed E-state index contributed by atoms with van der Waals surface area (Å²) in [6.45, 7) is 3.94. The molecule has 1 aliphatic carbocycles. The summed E-state index contributed by atoms with van der Waals surface area (Å²) in [6.07, 6.45) is 10.2. The van der Waals surface area contributed by atoms with Gasteiger partial charge in [-0.05, 0) is 45.2 Å². The lowest BCUT2D eigenvalue weighted by Crippen LogP contribution is -2.51. The molecule has 1 atom stereocenters. The van der Waals surface area contributed by atoms with Gasteiger partial charge in [-0.2, -0.15) is 0 Å². The van der Waals surface area contributed by atoms with E-state index in [0.717, 1.165) is 31.6 Å². The average molecular weight is 331 g/mol. The number of rotatable bonds is 3. The van der Waals surface area contributed by atoms with Crippen molar-refractivity contribution in [3.05, 3.63) is 17.5 Å². The van der Waals surface area contributed by atoms with Crippen LogP contribution in [0, 0.1) is 6.92 Å². The van der Waals surface area contributed by atoms with Crippen LogP contribution < -0.4 is 11.1 Å². The lowest BCUT2D eigenvalue weighted by Gasteiger charge is -2.38. The van der Waals surface area contributed by atoms with Gasteiger partial charge in [0.05, 0.1) is 0 Å². The Hall–Kier alpha value is -1.69. The van der Waals surface area contributed by atoms with Gasteiger partial charge in [0.15, 0.2) is 0 Å². The smallest absolute Gasteiger partial charge is 0.270 e. The average Bonchev–Trinajstić information content (AvgIpc) is 2.83. The maximum Gasteiger partial charge on any atom is 0.270 e. The number of likely N-dealkylation sites (tertiary alicyclic amines) is 1. The molecule has 1 aromatic rings. The predicted molar refractivity (Wildman–Crippen MR) is 94.7 cm³/mol. The van der Waals surface area contributed by atoms with Crippen molar-refractivity contribution >= 4 is 11.9 Å². The van der Waals surface area contributed by atoms with Crippen LogP contribution in [0.25, 0.3) is 0 Å². The molecule has 1 unspecified atom stereocenters. The van der Waals surface area contributed by atoms with E-state index in [1.54, 1.807) is 6.07 Å². The van der Waals surface area contributed by atoms with Crippen molar-refractivity contribution in [1.82, 2.24) is 20.2 Å². The normalized spacial score (nSPS) is 23.6. The van der Waals surface area contributed by atoms with Gasteiger partial charge in [-0.15, -0.1) is 0 Å². The van der Waals surface area contributed by atoms with Crippen LogP contribution >= 0.6 is 0 Å². The van der Waals surface area contributed by atoms with Crippen molar-refractivity contribution in [3.63, 3.8) is 0 Å². The zero-order chi connectivity index (χ0) is 16.9. The fourth-order valence-electron chi connectivity index (χ4n) is 4.05. The summed E-state index contributed by atoms with van der Waals surface area (Å²) >= 11 is 0. The van der Waals surface area contributed by atoms with Crippen LogP contribution in [0.1, 0.15) is 67.5 Å². The van der Waals surface area contributed by atoms with E-state index in [9.17, 15) is 4.79 Å². The molecule has 0 radical (unpaired) electrons. The Balaban J connectivity index is 1.59. The number of aromatic nitrogens is 2. The predicted octanol–water partition coefficient (Wildman–Crippen LogP) is 2.28. The number of aryl methyl sites for hydroxylation is 1. The van der Waals surface area contributed by atoms with Crippen LogP contribution in [0.15, 0.2) is 6.07 Å². The van der Waals surface area contributed by atoms with Crippen molar-refractivity contribution in [2.45, 2.75) is 70.4 Å². The van der Waals surface area contributed by atoms with Crippen LogP contribution in [0.5, 0.6) is 0 Å². The van der Waals surface area contributed by atoms with E-state index in [4.69, 9.17) is 5.73 Å². The highest BCUT2D eigenvalue weighted by molar-refractivity contribution is 5.92. The number of piperidine rings is 1. The number of carbonyl (C=O) groups excluding carboxylic acids is 1. The van der Waals surface area contributed by atoms with Crippen LogP contribution in [-0.4, -0.2) is 45.9 Å². The minimum atomic E-state index is -0.139. The van der Waals surface area contributed by atoms with Crippen molar-refractivity contribution in [2.24, 2.45) is 0 Å². The fraction of sp³-hybridized carbons (Fsp3) is 0.722. The summed E-state index contributed by atoms with van der Waals surface area (Å²) in [4.78, 5) is 23.2. The number of anilines is 1. The largest absolute Gasteiger partial charge is 0.368 e. The molecule has 24 heavy (non-hydrogen) atoms. The van der Waals surface area contributed by atoms with Gasteiger partial charge in [0, 0.05) is 24.3 Å². The minimum absolute atomic E-state index is 0.139. The molecule has 3 rings (SSSR count). The number of amides is 1. The van der Waals surface area contributed by atoms with Crippen LogP contribution in [0.3, 0.4) is 0 Å². The van der Waals surface area contributed by atoms with E-state index in [1.165, 1.54) is 38.5 Å². The molecule has 2 heterocycles. The molecular formula is C18H29N5O. The third kappa shape index (κ3) is 4.44. The zero-order valence-corrected chi connectivity index (χ0v) is 14.6. The van der Waals surface area contributed by atoms with E-state index < -0.39 is 0 Å².